The second kappa shape index (κ2) is 7.79. The molecular weight excluding hydrogens is 385 g/mol. The number of methoxy groups -OCH3 is 1. The summed E-state index contributed by atoms with van der Waals surface area (Å²) in [6.45, 7) is 1.71. The summed E-state index contributed by atoms with van der Waals surface area (Å²) in [5.74, 6) is 1.19. The van der Waals surface area contributed by atoms with Crippen molar-refractivity contribution in [3.63, 3.8) is 0 Å². The van der Waals surface area contributed by atoms with Crippen LogP contribution in [0.4, 0.5) is 4.39 Å². The van der Waals surface area contributed by atoms with Crippen molar-refractivity contribution in [3.05, 3.63) is 46.3 Å². The Morgan fingerprint density at radius 2 is 2.14 bits per heavy atom. The second-order valence-electron chi connectivity index (χ2n) is 7.67. The SMILES string of the molecule is COCCC1(c2noc(C3CC3)n2)CCN(C(=O)c2ccc(F)c(Cl)c2)CC1. The number of carbonyl (C=O) groups excluding carboxylic acids is 1. The Labute approximate surface area is 168 Å². The highest BCUT2D eigenvalue weighted by atomic mass is 35.5. The van der Waals surface area contributed by atoms with Crippen LogP contribution in [0.3, 0.4) is 0 Å². The monoisotopic (exact) mass is 407 g/mol. The molecule has 1 saturated carbocycles. The maximum absolute atomic E-state index is 13.4. The Morgan fingerprint density at radius 1 is 1.39 bits per heavy atom. The molecule has 1 aromatic carbocycles. The van der Waals surface area contributed by atoms with E-state index < -0.39 is 5.82 Å². The second-order valence-corrected chi connectivity index (χ2v) is 8.08. The van der Waals surface area contributed by atoms with Gasteiger partial charge < -0.3 is 14.2 Å². The van der Waals surface area contributed by atoms with Gasteiger partial charge in [-0.1, -0.05) is 16.8 Å². The van der Waals surface area contributed by atoms with Gasteiger partial charge in [-0.25, -0.2) is 4.39 Å². The van der Waals surface area contributed by atoms with Crippen molar-refractivity contribution in [3.8, 4) is 0 Å². The summed E-state index contributed by atoms with van der Waals surface area (Å²) in [6, 6.07) is 4.08. The van der Waals surface area contributed by atoms with Crippen molar-refractivity contribution in [2.45, 2.75) is 43.4 Å². The number of carbonyl (C=O) groups is 1. The van der Waals surface area contributed by atoms with Crippen molar-refractivity contribution in [1.29, 1.82) is 0 Å². The average Bonchev–Trinajstić information content (AvgIpc) is 3.44. The predicted octanol–water partition coefficient (Wildman–Crippen LogP) is 3.95. The molecule has 0 N–H and O–H groups in total. The Bertz CT molecular complexity index is 860. The van der Waals surface area contributed by atoms with Crippen LogP contribution in [-0.2, 0) is 10.2 Å². The van der Waals surface area contributed by atoms with Crippen LogP contribution in [0.5, 0.6) is 0 Å². The largest absolute Gasteiger partial charge is 0.385 e. The summed E-state index contributed by atoms with van der Waals surface area (Å²) in [6.07, 6.45) is 4.43. The molecule has 2 aromatic rings. The van der Waals surface area contributed by atoms with E-state index in [0.29, 0.717) is 31.2 Å². The third-order valence-corrected chi connectivity index (χ3v) is 6.09. The van der Waals surface area contributed by atoms with Gasteiger partial charge in [0.1, 0.15) is 5.82 Å². The highest BCUT2D eigenvalue weighted by Crippen LogP contribution is 2.42. The number of halogens is 2. The first-order chi connectivity index (χ1) is 13.5. The smallest absolute Gasteiger partial charge is 0.253 e. The number of hydrogen-bond donors (Lipinski definition) is 0. The Balaban J connectivity index is 1.49. The number of hydrogen-bond acceptors (Lipinski definition) is 5. The lowest BCUT2D eigenvalue weighted by Crippen LogP contribution is -2.46. The molecule has 28 heavy (non-hydrogen) atoms. The molecule has 4 rings (SSSR count). The van der Waals surface area contributed by atoms with Crippen molar-refractivity contribution in [1.82, 2.24) is 15.0 Å². The van der Waals surface area contributed by atoms with Crippen LogP contribution in [0.2, 0.25) is 5.02 Å². The molecule has 8 heteroatoms. The highest BCUT2D eigenvalue weighted by molar-refractivity contribution is 6.31. The van der Waals surface area contributed by atoms with Gasteiger partial charge >= 0.3 is 0 Å². The molecule has 0 radical (unpaired) electrons. The zero-order valence-electron chi connectivity index (χ0n) is 15.8. The summed E-state index contributed by atoms with van der Waals surface area (Å²) in [5, 5.41) is 4.23. The van der Waals surface area contributed by atoms with Crippen LogP contribution >= 0.6 is 11.6 Å². The van der Waals surface area contributed by atoms with Gasteiger partial charge in [-0.2, -0.15) is 4.98 Å². The van der Waals surface area contributed by atoms with Crippen molar-refractivity contribution in [2.24, 2.45) is 0 Å². The first kappa shape index (κ1) is 19.3. The van der Waals surface area contributed by atoms with Gasteiger partial charge in [0.05, 0.1) is 5.02 Å². The lowest BCUT2D eigenvalue weighted by molar-refractivity contribution is 0.0616. The van der Waals surface area contributed by atoms with Gasteiger partial charge in [0.15, 0.2) is 5.82 Å². The molecule has 1 amide bonds. The average molecular weight is 408 g/mol. The molecule has 1 saturated heterocycles. The fraction of sp³-hybridized carbons (Fsp3) is 0.550. The quantitative estimate of drug-likeness (QED) is 0.725. The summed E-state index contributed by atoms with van der Waals surface area (Å²) in [5.41, 5.74) is 0.135. The van der Waals surface area contributed by atoms with Gasteiger partial charge in [-0.3, -0.25) is 4.79 Å². The molecule has 0 spiro atoms. The zero-order valence-corrected chi connectivity index (χ0v) is 16.5. The fourth-order valence-corrected chi connectivity index (χ4v) is 3.96. The summed E-state index contributed by atoms with van der Waals surface area (Å²) < 4.78 is 24.2. The van der Waals surface area contributed by atoms with Gasteiger partial charge in [0, 0.05) is 43.7 Å². The Kier molecular flexibility index (Phi) is 5.38. The predicted molar refractivity (Wildman–Crippen MR) is 101 cm³/mol. The molecule has 0 unspecified atom stereocenters. The van der Waals surface area contributed by atoms with E-state index in [-0.39, 0.29) is 16.3 Å². The molecular formula is C20H23ClFN3O3. The number of ether oxygens (including phenoxy) is 1. The lowest BCUT2D eigenvalue weighted by Gasteiger charge is -2.39. The summed E-state index contributed by atoms with van der Waals surface area (Å²) >= 11 is 5.83. The maximum atomic E-state index is 13.4. The maximum Gasteiger partial charge on any atom is 0.253 e. The van der Waals surface area contributed by atoms with Crippen LogP contribution < -0.4 is 0 Å². The van der Waals surface area contributed by atoms with E-state index in [9.17, 15) is 9.18 Å². The molecule has 6 nitrogen and oxygen atoms in total. The van der Waals surface area contributed by atoms with E-state index in [1.54, 1.807) is 12.0 Å². The number of aromatic nitrogens is 2. The number of piperidine rings is 1. The van der Waals surface area contributed by atoms with E-state index in [4.69, 9.17) is 20.9 Å². The van der Waals surface area contributed by atoms with Crippen molar-refractivity contribution in [2.75, 3.05) is 26.8 Å². The van der Waals surface area contributed by atoms with E-state index in [1.807, 2.05) is 0 Å². The summed E-state index contributed by atoms with van der Waals surface area (Å²) in [7, 11) is 1.68. The topological polar surface area (TPSA) is 68.5 Å². The van der Waals surface area contributed by atoms with Crippen molar-refractivity contribution < 1.29 is 18.4 Å². The van der Waals surface area contributed by atoms with Crippen LogP contribution in [0.15, 0.2) is 22.7 Å². The highest BCUT2D eigenvalue weighted by Gasteiger charge is 2.42. The molecule has 0 bridgehead atoms. The number of rotatable bonds is 6. The molecule has 2 aliphatic rings. The molecule has 2 heterocycles. The zero-order chi connectivity index (χ0) is 19.7. The normalized spacial score (nSPS) is 19.0. The van der Waals surface area contributed by atoms with Gasteiger partial charge in [-0.05, 0) is 50.3 Å². The van der Waals surface area contributed by atoms with Crippen molar-refractivity contribution >= 4 is 17.5 Å². The standard InChI is InChI=1S/C20H23ClFN3O3/c1-27-11-8-20(19-23-17(28-24-19)13-2-3-13)6-9-25(10-7-20)18(26)14-4-5-16(22)15(21)12-14/h4-5,12-13H,2-3,6-11H2,1H3. The minimum Gasteiger partial charge on any atom is -0.385 e. The minimum atomic E-state index is -0.529. The first-order valence-corrected chi connectivity index (χ1v) is 9.97. The summed E-state index contributed by atoms with van der Waals surface area (Å²) in [4.78, 5) is 19.2. The molecule has 2 fully saturated rings. The fourth-order valence-electron chi connectivity index (χ4n) is 3.78. The number of nitrogens with zero attached hydrogens (tertiary/aromatic N) is 3. The molecule has 150 valence electrons. The number of amides is 1. The minimum absolute atomic E-state index is 0.0447. The third-order valence-electron chi connectivity index (χ3n) is 5.80. The molecule has 1 aliphatic carbocycles. The van der Waals surface area contributed by atoms with Gasteiger partial charge in [0.2, 0.25) is 5.89 Å². The van der Waals surface area contributed by atoms with E-state index in [1.165, 1.54) is 18.2 Å². The molecule has 1 aromatic heterocycles. The van der Waals surface area contributed by atoms with Crippen LogP contribution in [0.25, 0.3) is 0 Å². The first-order valence-electron chi connectivity index (χ1n) is 9.60. The van der Waals surface area contributed by atoms with E-state index in [2.05, 4.69) is 10.1 Å². The van der Waals surface area contributed by atoms with Gasteiger partial charge in [-0.15, -0.1) is 0 Å². The van der Waals surface area contributed by atoms with Crippen LogP contribution in [0.1, 0.15) is 60.1 Å². The Morgan fingerprint density at radius 3 is 2.79 bits per heavy atom. The Hall–Kier alpha value is -1.99. The molecule has 0 atom stereocenters. The molecule has 1 aliphatic heterocycles. The van der Waals surface area contributed by atoms with E-state index >= 15 is 0 Å². The van der Waals surface area contributed by atoms with E-state index in [0.717, 1.165) is 43.8 Å². The van der Waals surface area contributed by atoms with Crippen LogP contribution in [0, 0.1) is 5.82 Å². The number of likely N-dealkylation sites (tertiary alicyclic amines) is 1. The number of benzene rings is 1. The van der Waals surface area contributed by atoms with Crippen LogP contribution in [-0.4, -0.2) is 47.8 Å². The van der Waals surface area contributed by atoms with Gasteiger partial charge in [0.25, 0.3) is 5.91 Å². The third kappa shape index (κ3) is 3.78. The lowest BCUT2D eigenvalue weighted by atomic mass is 9.75.